The van der Waals surface area contributed by atoms with Crippen LogP contribution in [0.25, 0.3) is 0 Å². The highest BCUT2D eigenvalue weighted by Gasteiger charge is 2.16. The van der Waals surface area contributed by atoms with Crippen molar-refractivity contribution in [3.05, 3.63) is 46.8 Å². The highest BCUT2D eigenvalue weighted by atomic mass is 35.5. The van der Waals surface area contributed by atoms with E-state index in [1.54, 1.807) is 19.1 Å². The molecule has 3 N–H and O–H groups in total. The molecule has 0 saturated carbocycles. The van der Waals surface area contributed by atoms with Gasteiger partial charge >= 0.3 is 0 Å². The first-order valence-electron chi connectivity index (χ1n) is 4.13. The summed E-state index contributed by atoms with van der Waals surface area (Å²) in [6.45, 7) is 5.49. The van der Waals surface area contributed by atoms with Gasteiger partial charge in [0.1, 0.15) is 5.82 Å². The van der Waals surface area contributed by atoms with Crippen molar-refractivity contribution in [2.24, 2.45) is 5.84 Å². The van der Waals surface area contributed by atoms with E-state index in [9.17, 15) is 4.39 Å². The van der Waals surface area contributed by atoms with Gasteiger partial charge in [-0.25, -0.2) is 9.82 Å². The molecule has 0 spiro atoms. The molecule has 4 heteroatoms. The van der Waals surface area contributed by atoms with Crippen LogP contribution in [0.5, 0.6) is 0 Å². The third-order valence-corrected chi connectivity index (χ3v) is 2.24. The number of halogens is 2. The van der Waals surface area contributed by atoms with Gasteiger partial charge in [-0.1, -0.05) is 35.9 Å². The van der Waals surface area contributed by atoms with E-state index in [1.807, 2.05) is 0 Å². The van der Waals surface area contributed by atoms with E-state index >= 15 is 0 Å². The second-order valence-electron chi connectivity index (χ2n) is 3.09. The Morgan fingerprint density at radius 1 is 1.64 bits per heavy atom. The average molecular weight is 215 g/mol. The van der Waals surface area contributed by atoms with Crippen molar-refractivity contribution >= 4 is 11.6 Å². The molecule has 0 aliphatic carbocycles. The fourth-order valence-corrected chi connectivity index (χ4v) is 1.42. The van der Waals surface area contributed by atoms with Crippen molar-refractivity contribution < 1.29 is 4.39 Å². The lowest BCUT2D eigenvalue weighted by molar-refractivity contribution is 0.556. The molecule has 2 nitrogen and oxygen atoms in total. The minimum Gasteiger partial charge on any atom is -0.271 e. The Bertz CT molecular complexity index is 352. The Hall–Kier alpha value is -0.900. The molecule has 1 unspecified atom stereocenters. The van der Waals surface area contributed by atoms with Crippen molar-refractivity contribution in [2.45, 2.75) is 13.0 Å². The van der Waals surface area contributed by atoms with Gasteiger partial charge in [0.15, 0.2) is 0 Å². The Labute approximate surface area is 87.5 Å². The lowest BCUT2D eigenvalue weighted by Gasteiger charge is -2.17. The van der Waals surface area contributed by atoms with Gasteiger partial charge < -0.3 is 0 Å². The fourth-order valence-electron chi connectivity index (χ4n) is 1.24. The molecule has 0 amide bonds. The van der Waals surface area contributed by atoms with E-state index in [2.05, 4.69) is 12.0 Å². The van der Waals surface area contributed by atoms with Gasteiger partial charge in [0, 0.05) is 5.56 Å². The van der Waals surface area contributed by atoms with E-state index in [0.717, 1.165) is 5.57 Å². The Morgan fingerprint density at radius 3 is 2.79 bits per heavy atom. The maximum Gasteiger partial charge on any atom is 0.146 e. The second kappa shape index (κ2) is 4.55. The SMILES string of the molecule is C=C(C)C(NN)c1cccc(Cl)c1F. The van der Waals surface area contributed by atoms with Crippen molar-refractivity contribution in [1.29, 1.82) is 0 Å². The van der Waals surface area contributed by atoms with Gasteiger partial charge in [-0.3, -0.25) is 5.84 Å². The van der Waals surface area contributed by atoms with E-state index in [0.29, 0.717) is 5.56 Å². The number of nitrogens with one attached hydrogen (secondary N) is 1. The van der Waals surface area contributed by atoms with Gasteiger partial charge in [-0.15, -0.1) is 0 Å². The molecule has 0 saturated heterocycles. The van der Waals surface area contributed by atoms with Gasteiger partial charge in [0.25, 0.3) is 0 Å². The second-order valence-corrected chi connectivity index (χ2v) is 3.50. The molecule has 0 bridgehead atoms. The summed E-state index contributed by atoms with van der Waals surface area (Å²) in [5, 5.41) is 0.0870. The lowest BCUT2D eigenvalue weighted by Crippen LogP contribution is -2.29. The molecule has 1 atom stereocenters. The summed E-state index contributed by atoms with van der Waals surface area (Å²) in [4.78, 5) is 0. The van der Waals surface area contributed by atoms with E-state index in [1.165, 1.54) is 6.07 Å². The van der Waals surface area contributed by atoms with E-state index < -0.39 is 11.9 Å². The molecule has 0 heterocycles. The van der Waals surface area contributed by atoms with E-state index in [4.69, 9.17) is 17.4 Å². The third kappa shape index (κ3) is 2.12. The maximum atomic E-state index is 13.5. The Kier molecular flexibility index (Phi) is 3.63. The maximum absolute atomic E-state index is 13.5. The number of hydrogen-bond acceptors (Lipinski definition) is 2. The first kappa shape index (κ1) is 11.2. The summed E-state index contributed by atoms with van der Waals surface area (Å²) in [5.41, 5.74) is 3.63. The number of hydrazine groups is 1. The highest BCUT2D eigenvalue weighted by molar-refractivity contribution is 6.30. The van der Waals surface area contributed by atoms with Crippen LogP contribution >= 0.6 is 11.6 Å². The zero-order valence-corrected chi connectivity index (χ0v) is 8.61. The Morgan fingerprint density at radius 2 is 2.29 bits per heavy atom. The minimum atomic E-state index is -0.458. The predicted molar refractivity (Wildman–Crippen MR) is 56.3 cm³/mol. The predicted octanol–water partition coefficient (Wildman–Crippen LogP) is 2.56. The van der Waals surface area contributed by atoms with Crippen LogP contribution in [0.4, 0.5) is 4.39 Å². The molecule has 14 heavy (non-hydrogen) atoms. The Balaban J connectivity index is 3.16. The van der Waals surface area contributed by atoms with Gasteiger partial charge in [0.05, 0.1) is 11.1 Å². The molecular formula is C10H12ClFN2. The molecule has 1 aromatic rings. The monoisotopic (exact) mass is 214 g/mol. The summed E-state index contributed by atoms with van der Waals surface area (Å²) < 4.78 is 13.5. The van der Waals surface area contributed by atoms with Crippen LogP contribution in [-0.4, -0.2) is 0 Å². The molecule has 0 aliphatic rings. The molecule has 1 aromatic carbocycles. The molecule has 76 valence electrons. The fraction of sp³-hybridized carbons (Fsp3) is 0.200. The van der Waals surface area contributed by atoms with Crippen LogP contribution in [0.15, 0.2) is 30.4 Å². The summed E-state index contributed by atoms with van der Waals surface area (Å²) in [6, 6.07) is 4.38. The van der Waals surface area contributed by atoms with Crippen molar-refractivity contribution in [3.63, 3.8) is 0 Å². The number of rotatable bonds is 3. The topological polar surface area (TPSA) is 38.0 Å². The average Bonchev–Trinajstić information content (AvgIpc) is 2.13. The normalized spacial score (nSPS) is 12.6. The smallest absolute Gasteiger partial charge is 0.146 e. The van der Waals surface area contributed by atoms with Crippen molar-refractivity contribution in [2.75, 3.05) is 0 Å². The third-order valence-electron chi connectivity index (χ3n) is 1.95. The summed E-state index contributed by atoms with van der Waals surface area (Å²) in [7, 11) is 0. The molecule has 0 fully saturated rings. The molecule has 1 rings (SSSR count). The summed E-state index contributed by atoms with van der Waals surface area (Å²) >= 11 is 5.65. The van der Waals surface area contributed by atoms with Crippen molar-refractivity contribution in [3.8, 4) is 0 Å². The number of hydrogen-bond donors (Lipinski definition) is 2. The van der Waals surface area contributed by atoms with Crippen LogP contribution in [-0.2, 0) is 0 Å². The molecular weight excluding hydrogens is 203 g/mol. The van der Waals surface area contributed by atoms with Crippen LogP contribution in [0.1, 0.15) is 18.5 Å². The zero-order valence-electron chi connectivity index (χ0n) is 7.85. The van der Waals surface area contributed by atoms with Crippen LogP contribution in [0, 0.1) is 5.82 Å². The molecule has 0 aromatic heterocycles. The number of nitrogens with two attached hydrogens (primary N) is 1. The summed E-state index contributed by atoms with van der Waals surface area (Å²) in [6.07, 6.45) is 0. The lowest BCUT2D eigenvalue weighted by atomic mass is 10.0. The standard InChI is InChI=1S/C10H12ClFN2/c1-6(2)10(14-13)7-4-3-5-8(11)9(7)12/h3-5,10,14H,1,13H2,2H3. The summed E-state index contributed by atoms with van der Waals surface area (Å²) in [5.74, 6) is 4.85. The minimum absolute atomic E-state index is 0.0870. The van der Waals surface area contributed by atoms with Crippen molar-refractivity contribution in [1.82, 2.24) is 5.43 Å². The van der Waals surface area contributed by atoms with Gasteiger partial charge in [0.2, 0.25) is 0 Å². The first-order chi connectivity index (χ1) is 6.57. The van der Waals surface area contributed by atoms with Crippen LogP contribution in [0.3, 0.4) is 0 Å². The quantitative estimate of drug-likeness (QED) is 0.461. The molecule has 0 aliphatic heterocycles. The van der Waals surface area contributed by atoms with E-state index in [-0.39, 0.29) is 5.02 Å². The highest BCUT2D eigenvalue weighted by Crippen LogP contribution is 2.26. The first-order valence-corrected chi connectivity index (χ1v) is 4.51. The van der Waals surface area contributed by atoms with Gasteiger partial charge in [-0.2, -0.15) is 0 Å². The zero-order chi connectivity index (χ0) is 10.7. The molecule has 0 radical (unpaired) electrons. The largest absolute Gasteiger partial charge is 0.271 e. The van der Waals surface area contributed by atoms with Crippen LogP contribution < -0.4 is 11.3 Å². The van der Waals surface area contributed by atoms with Crippen LogP contribution in [0.2, 0.25) is 5.02 Å². The van der Waals surface area contributed by atoms with Gasteiger partial charge in [-0.05, 0) is 13.0 Å². The number of benzene rings is 1.